The van der Waals surface area contributed by atoms with Crippen LogP contribution in [-0.4, -0.2) is 96.7 Å². The Balaban J connectivity index is 4.93. The summed E-state index contributed by atoms with van der Waals surface area (Å²) in [5.41, 5.74) is 0. The second-order valence-corrected chi connectivity index (χ2v) is 22.9. The zero-order valence-electron chi connectivity index (χ0n) is 46.8. The summed E-state index contributed by atoms with van der Waals surface area (Å²) in [4.78, 5) is 71.0. The molecule has 0 rings (SSSR count). The van der Waals surface area contributed by atoms with Crippen LogP contribution in [0, 0.1) is 0 Å². The number of ether oxygens (including phenoxy) is 4. The molecule has 2 unspecified atom stereocenters. The molecule has 0 amide bonds. The molecule has 5 atom stereocenters. The number of carbonyl (C=O) groups is 4. The molecular formula is C55H106O17P2. The van der Waals surface area contributed by atoms with Crippen LogP contribution in [0.15, 0.2) is 0 Å². The van der Waals surface area contributed by atoms with Gasteiger partial charge in [0.2, 0.25) is 0 Å². The van der Waals surface area contributed by atoms with Crippen LogP contribution in [0.3, 0.4) is 0 Å². The highest BCUT2D eigenvalue weighted by molar-refractivity contribution is 7.47. The number of aliphatic hydroxyl groups is 1. The molecule has 0 radical (unpaired) electrons. The Morgan fingerprint density at radius 1 is 0.324 bits per heavy atom. The molecule has 0 spiro atoms. The van der Waals surface area contributed by atoms with Gasteiger partial charge in [-0.15, -0.1) is 0 Å². The molecule has 0 aliphatic rings. The average molecular weight is 1100 g/mol. The van der Waals surface area contributed by atoms with Gasteiger partial charge in [-0.3, -0.25) is 37.3 Å². The predicted octanol–water partition coefficient (Wildman–Crippen LogP) is 14.4. The summed E-state index contributed by atoms with van der Waals surface area (Å²) in [7, 11) is -9.84. The van der Waals surface area contributed by atoms with Crippen LogP contribution < -0.4 is 0 Å². The van der Waals surface area contributed by atoms with Gasteiger partial charge in [0.25, 0.3) is 0 Å². The van der Waals surface area contributed by atoms with Gasteiger partial charge in [0, 0.05) is 25.7 Å². The van der Waals surface area contributed by atoms with Gasteiger partial charge in [-0.25, -0.2) is 9.13 Å². The lowest BCUT2D eigenvalue weighted by molar-refractivity contribution is -0.161. The predicted molar refractivity (Wildman–Crippen MR) is 289 cm³/mol. The van der Waals surface area contributed by atoms with Gasteiger partial charge in [-0.05, 0) is 25.7 Å². The van der Waals surface area contributed by atoms with Crippen molar-refractivity contribution in [2.24, 2.45) is 0 Å². The van der Waals surface area contributed by atoms with Gasteiger partial charge in [0.15, 0.2) is 12.2 Å². The molecule has 3 N–H and O–H groups in total. The summed E-state index contributed by atoms with van der Waals surface area (Å²) in [6.45, 7) is 4.55. The summed E-state index contributed by atoms with van der Waals surface area (Å²) in [5, 5.41) is 10.4. The monoisotopic (exact) mass is 1100 g/mol. The minimum atomic E-state index is -4.92. The van der Waals surface area contributed by atoms with E-state index in [2.05, 4.69) is 27.7 Å². The first-order valence-corrected chi connectivity index (χ1v) is 32.3. The Bertz CT molecular complexity index is 1450. The third-order valence-corrected chi connectivity index (χ3v) is 14.5. The number of carbonyl (C=O) groups excluding carboxylic acids is 4. The molecule has 0 aromatic heterocycles. The second-order valence-electron chi connectivity index (χ2n) is 20.0. The molecule has 17 nitrogen and oxygen atoms in total. The van der Waals surface area contributed by atoms with Gasteiger partial charge in [0.1, 0.15) is 19.3 Å². The van der Waals surface area contributed by atoms with Crippen molar-refractivity contribution < 1.29 is 80.2 Å². The molecule has 0 heterocycles. The normalized spacial score (nSPS) is 14.4. The maximum Gasteiger partial charge on any atom is 0.472 e. The van der Waals surface area contributed by atoms with E-state index < -0.39 is 97.5 Å². The first-order valence-electron chi connectivity index (χ1n) is 29.3. The van der Waals surface area contributed by atoms with Crippen molar-refractivity contribution in [2.45, 2.75) is 290 Å². The van der Waals surface area contributed by atoms with Crippen molar-refractivity contribution in [1.29, 1.82) is 0 Å². The molecular weight excluding hydrogens is 995 g/mol. The SMILES string of the molecule is CCCCCCCCCCCCCCCCCCCCCC(=O)O[C@H](COC(=O)CCCCCCC)COP(=O)(O)OC[C@@H](O)COP(=O)(O)OC[C@@H](COC(=O)CCCCCCC)OC(=O)CCCCCCC. The quantitative estimate of drug-likeness (QED) is 0.0222. The first-order chi connectivity index (χ1) is 35.7. The molecule has 0 fully saturated rings. The molecule has 19 heteroatoms. The second kappa shape index (κ2) is 50.6. The van der Waals surface area contributed by atoms with Crippen molar-refractivity contribution in [3.63, 3.8) is 0 Å². The van der Waals surface area contributed by atoms with E-state index in [9.17, 15) is 43.2 Å². The highest BCUT2D eigenvalue weighted by Gasteiger charge is 2.30. The van der Waals surface area contributed by atoms with Gasteiger partial charge in [-0.1, -0.05) is 220 Å². The summed E-state index contributed by atoms with van der Waals surface area (Å²) in [5.74, 6) is -2.18. The van der Waals surface area contributed by atoms with Gasteiger partial charge in [-0.2, -0.15) is 0 Å². The first kappa shape index (κ1) is 72.1. The van der Waals surface area contributed by atoms with E-state index in [-0.39, 0.29) is 25.7 Å². The Labute approximate surface area is 447 Å². The van der Waals surface area contributed by atoms with Gasteiger partial charge >= 0.3 is 39.5 Å². The highest BCUT2D eigenvalue weighted by atomic mass is 31.2. The van der Waals surface area contributed by atoms with Crippen LogP contribution in [-0.2, 0) is 65.4 Å². The van der Waals surface area contributed by atoms with Crippen LogP contribution in [0.4, 0.5) is 0 Å². The molecule has 0 aliphatic heterocycles. The summed E-state index contributed by atoms with van der Waals surface area (Å²) < 4.78 is 67.0. The summed E-state index contributed by atoms with van der Waals surface area (Å²) in [6, 6.07) is 0. The van der Waals surface area contributed by atoms with Crippen LogP contribution in [0.25, 0.3) is 0 Å². The van der Waals surface area contributed by atoms with E-state index in [1.54, 1.807) is 0 Å². The highest BCUT2D eigenvalue weighted by Crippen LogP contribution is 2.45. The van der Waals surface area contributed by atoms with Gasteiger partial charge < -0.3 is 33.8 Å². The van der Waals surface area contributed by atoms with Crippen molar-refractivity contribution in [1.82, 2.24) is 0 Å². The van der Waals surface area contributed by atoms with Crippen LogP contribution in [0.5, 0.6) is 0 Å². The zero-order chi connectivity index (χ0) is 54.8. The number of phosphoric ester groups is 2. The maximum atomic E-state index is 12.8. The fourth-order valence-corrected chi connectivity index (χ4v) is 9.62. The molecule has 0 bridgehead atoms. The minimum Gasteiger partial charge on any atom is -0.462 e. The Kier molecular flexibility index (Phi) is 49.2. The number of hydrogen-bond donors (Lipinski definition) is 3. The fourth-order valence-electron chi connectivity index (χ4n) is 8.04. The number of unbranched alkanes of at least 4 members (excludes halogenated alkanes) is 30. The van der Waals surface area contributed by atoms with Crippen LogP contribution in [0.1, 0.15) is 272 Å². The largest absolute Gasteiger partial charge is 0.472 e. The minimum absolute atomic E-state index is 0.0989. The molecule has 0 aromatic carbocycles. The average Bonchev–Trinajstić information content (AvgIpc) is 3.37. The van der Waals surface area contributed by atoms with E-state index in [1.165, 1.54) is 89.9 Å². The lowest BCUT2D eigenvalue weighted by Crippen LogP contribution is -2.30. The number of rotatable bonds is 56. The molecule has 0 aromatic rings. The topological polar surface area (TPSA) is 237 Å². The third kappa shape index (κ3) is 49.6. The summed E-state index contributed by atoms with van der Waals surface area (Å²) in [6.07, 6.45) is 33.4. The standard InChI is InChI=1S/C55H106O17P2/c1-5-9-13-17-18-19-20-21-22-23-24-25-26-27-28-29-30-34-38-42-55(60)72-51(46-66-53(58)40-36-32-15-11-7-3)48-70-74(63,64)68-44-49(56)43-67-73(61,62)69-47-50(71-54(59)41-37-33-16-12-8-4)45-65-52(57)39-35-31-14-10-6-2/h49-51,56H,5-48H2,1-4H3,(H,61,62)(H,63,64)/t49-,50+,51+/m0/s1. The lowest BCUT2D eigenvalue weighted by atomic mass is 10.0. The number of phosphoric acid groups is 2. The number of hydrogen-bond acceptors (Lipinski definition) is 15. The molecule has 74 heavy (non-hydrogen) atoms. The van der Waals surface area contributed by atoms with E-state index >= 15 is 0 Å². The van der Waals surface area contributed by atoms with Crippen molar-refractivity contribution in [3.8, 4) is 0 Å². The fraction of sp³-hybridized carbons (Fsp3) is 0.927. The van der Waals surface area contributed by atoms with E-state index in [0.29, 0.717) is 25.7 Å². The third-order valence-electron chi connectivity index (χ3n) is 12.6. The Morgan fingerprint density at radius 2 is 0.541 bits per heavy atom. The Morgan fingerprint density at radius 3 is 0.797 bits per heavy atom. The van der Waals surface area contributed by atoms with E-state index in [1.807, 2.05) is 0 Å². The molecule has 438 valence electrons. The molecule has 0 aliphatic carbocycles. The van der Waals surface area contributed by atoms with Crippen molar-refractivity contribution in [3.05, 3.63) is 0 Å². The molecule has 0 saturated carbocycles. The van der Waals surface area contributed by atoms with Crippen molar-refractivity contribution >= 4 is 39.5 Å². The van der Waals surface area contributed by atoms with E-state index in [0.717, 1.165) is 103 Å². The van der Waals surface area contributed by atoms with Crippen LogP contribution in [0.2, 0.25) is 0 Å². The molecule has 0 saturated heterocycles. The van der Waals surface area contributed by atoms with Crippen LogP contribution >= 0.6 is 15.6 Å². The van der Waals surface area contributed by atoms with E-state index in [4.69, 9.17) is 37.0 Å². The maximum absolute atomic E-state index is 12.8. The van der Waals surface area contributed by atoms with Gasteiger partial charge in [0.05, 0.1) is 26.4 Å². The smallest absolute Gasteiger partial charge is 0.462 e. The van der Waals surface area contributed by atoms with Crippen molar-refractivity contribution in [2.75, 3.05) is 39.6 Å². The summed E-state index contributed by atoms with van der Waals surface area (Å²) >= 11 is 0. The number of aliphatic hydroxyl groups excluding tert-OH is 1. The lowest BCUT2D eigenvalue weighted by Gasteiger charge is -2.21. The number of esters is 4. The Hall–Kier alpha value is -1.94. The zero-order valence-corrected chi connectivity index (χ0v) is 48.6.